The fourth-order valence-electron chi connectivity index (χ4n) is 1.58. The van der Waals surface area contributed by atoms with Crippen LogP contribution in [0, 0.1) is 12.8 Å². The molecule has 1 heterocycles. The molecule has 0 aromatic carbocycles. The summed E-state index contributed by atoms with van der Waals surface area (Å²) >= 11 is 0. The van der Waals surface area contributed by atoms with Crippen LogP contribution in [0.2, 0.25) is 0 Å². The number of amides is 1. The number of carbonyl (C=O) groups excluding carboxylic acids is 1. The van der Waals surface area contributed by atoms with Gasteiger partial charge in [0.2, 0.25) is 0 Å². The Morgan fingerprint density at radius 1 is 1.59 bits per heavy atom. The van der Waals surface area contributed by atoms with Crippen molar-refractivity contribution in [1.82, 2.24) is 15.5 Å². The molecule has 1 unspecified atom stereocenters. The third kappa shape index (κ3) is 5.19. The standard InChI is InChI=1S/C11H20N4O.ClH/c1-7(2)4-9(6-12)13-11(16)10-5-8(3)14-15-10;/h5,7,9H,4,6,12H2,1-3H3,(H,13,16)(H,14,15);1H. The monoisotopic (exact) mass is 260 g/mol. The van der Waals surface area contributed by atoms with Crippen LogP contribution >= 0.6 is 12.4 Å². The summed E-state index contributed by atoms with van der Waals surface area (Å²) in [4.78, 5) is 11.8. The van der Waals surface area contributed by atoms with Gasteiger partial charge in [0.25, 0.3) is 5.91 Å². The van der Waals surface area contributed by atoms with Crippen LogP contribution in [0.1, 0.15) is 36.5 Å². The topological polar surface area (TPSA) is 83.8 Å². The highest BCUT2D eigenvalue weighted by Crippen LogP contribution is 2.05. The molecule has 0 aliphatic rings. The number of rotatable bonds is 5. The Hall–Kier alpha value is -1.07. The number of halogens is 1. The molecule has 1 aromatic heterocycles. The van der Waals surface area contributed by atoms with E-state index in [4.69, 9.17) is 5.73 Å². The van der Waals surface area contributed by atoms with Crippen molar-refractivity contribution in [2.75, 3.05) is 6.54 Å². The van der Waals surface area contributed by atoms with E-state index in [0.29, 0.717) is 18.2 Å². The molecule has 0 saturated carbocycles. The van der Waals surface area contributed by atoms with Gasteiger partial charge < -0.3 is 11.1 Å². The van der Waals surface area contributed by atoms with Gasteiger partial charge in [-0.25, -0.2) is 0 Å². The van der Waals surface area contributed by atoms with E-state index in [9.17, 15) is 4.79 Å². The van der Waals surface area contributed by atoms with Crippen LogP contribution in [0.4, 0.5) is 0 Å². The van der Waals surface area contributed by atoms with Crippen molar-refractivity contribution in [3.05, 3.63) is 17.5 Å². The fourth-order valence-corrected chi connectivity index (χ4v) is 1.58. The summed E-state index contributed by atoms with van der Waals surface area (Å²) in [5, 5.41) is 9.53. The van der Waals surface area contributed by atoms with Crippen molar-refractivity contribution >= 4 is 18.3 Å². The van der Waals surface area contributed by atoms with E-state index < -0.39 is 0 Å². The maximum Gasteiger partial charge on any atom is 0.272 e. The largest absolute Gasteiger partial charge is 0.347 e. The maximum absolute atomic E-state index is 11.8. The van der Waals surface area contributed by atoms with Crippen LogP contribution in [0.3, 0.4) is 0 Å². The van der Waals surface area contributed by atoms with E-state index in [1.807, 2.05) is 6.92 Å². The molecule has 4 N–H and O–H groups in total. The average molecular weight is 261 g/mol. The lowest BCUT2D eigenvalue weighted by atomic mass is 10.0. The predicted molar refractivity (Wildman–Crippen MR) is 70.3 cm³/mol. The van der Waals surface area contributed by atoms with Crippen LogP contribution < -0.4 is 11.1 Å². The van der Waals surface area contributed by atoms with E-state index >= 15 is 0 Å². The number of hydrogen-bond acceptors (Lipinski definition) is 3. The minimum atomic E-state index is -0.166. The lowest BCUT2D eigenvalue weighted by molar-refractivity contribution is 0.0928. The van der Waals surface area contributed by atoms with Crippen LogP contribution in [-0.4, -0.2) is 28.7 Å². The highest BCUT2D eigenvalue weighted by molar-refractivity contribution is 5.92. The number of nitrogens with one attached hydrogen (secondary N) is 2. The van der Waals surface area contributed by atoms with Gasteiger partial charge in [-0.1, -0.05) is 13.8 Å². The first kappa shape index (κ1) is 15.9. The number of aromatic amines is 1. The summed E-state index contributed by atoms with van der Waals surface area (Å²) in [5.74, 6) is 0.343. The number of nitrogens with two attached hydrogens (primary N) is 1. The van der Waals surface area contributed by atoms with Crippen molar-refractivity contribution in [2.24, 2.45) is 11.7 Å². The molecular weight excluding hydrogens is 240 g/mol. The zero-order chi connectivity index (χ0) is 12.1. The van der Waals surface area contributed by atoms with Gasteiger partial charge in [0.1, 0.15) is 5.69 Å². The quantitative estimate of drug-likeness (QED) is 0.745. The van der Waals surface area contributed by atoms with Crippen LogP contribution in [0.25, 0.3) is 0 Å². The number of aromatic nitrogens is 2. The molecule has 0 radical (unpaired) electrons. The predicted octanol–water partition coefficient (Wildman–Crippen LogP) is 1.24. The Morgan fingerprint density at radius 3 is 2.65 bits per heavy atom. The summed E-state index contributed by atoms with van der Waals surface area (Å²) in [7, 11) is 0. The Morgan fingerprint density at radius 2 is 2.24 bits per heavy atom. The van der Waals surface area contributed by atoms with Gasteiger partial charge in [0, 0.05) is 18.3 Å². The molecular formula is C11H21ClN4O. The molecule has 0 fully saturated rings. The molecule has 0 bridgehead atoms. The van der Waals surface area contributed by atoms with E-state index in [-0.39, 0.29) is 24.4 Å². The summed E-state index contributed by atoms with van der Waals surface area (Å²) in [6, 6.07) is 1.74. The Labute approximate surface area is 108 Å². The van der Waals surface area contributed by atoms with E-state index in [2.05, 4.69) is 29.4 Å². The van der Waals surface area contributed by atoms with E-state index in [0.717, 1.165) is 12.1 Å². The molecule has 98 valence electrons. The minimum Gasteiger partial charge on any atom is -0.347 e. The van der Waals surface area contributed by atoms with Gasteiger partial charge in [0.15, 0.2) is 0 Å². The van der Waals surface area contributed by atoms with Crippen molar-refractivity contribution in [3.63, 3.8) is 0 Å². The molecule has 0 aliphatic carbocycles. The van der Waals surface area contributed by atoms with Crippen molar-refractivity contribution in [2.45, 2.75) is 33.2 Å². The summed E-state index contributed by atoms with van der Waals surface area (Å²) in [6.45, 7) is 6.52. The maximum atomic E-state index is 11.8. The highest BCUT2D eigenvalue weighted by atomic mass is 35.5. The second kappa shape index (κ2) is 7.29. The lowest BCUT2D eigenvalue weighted by Gasteiger charge is -2.17. The first-order valence-corrected chi connectivity index (χ1v) is 5.56. The first-order valence-electron chi connectivity index (χ1n) is 5.56. The normalized spacial score (nSPS) is 12.1. The smallest absolute Gasteiger partial charge is 0.272 e. The number of hydrogen-bond donors (Lipinski definition) is 3. The van der Waals surface area contributed by atoms with Crippen molar-refractivity contribution in [3.8, 4) is 0 Å². The van der Waals surface area contributed by atoms with Gasteiger partial charge >= 0.3 is 0 Å². The van der Waals surface area contributed by atoms with Gasteiger partial charge in [-0.3, -0.25) is 9.89 Å². The molecule has 5 nitrogen and oxygen atoms in total. The van der Waals surface area contributed by atoms with Gasteiger partial charge in [-0.15, -0.1) is 12.4 Å². The Kier molecular flexibility index (Phi) is 6.83. The highest BCUT2D eigenvalue weighted by Gasteiger charge is 2.15. The minimum absolute atomic E-state index is 0. The van der Waals surface area contributed by atoms with Gasteiger partial charge in [-0.2, -0.15) is 5.10 Å². The molecule has 1 amide bonds. The fraction of sp³-hybridized carbons (Fsp3) is 0.636. The number of nitrogens with zero attached hydrogens (tertiary/aromatic N) is 1. The van der Waals surface area contributed by atoms with Crippen LogP contribution in [0.15, 0.2) is 6.07 Å². The molecule has 6 heteroatoms. The third-order valence-electron chi connectivity index (χ3n) is 2.31. The molecule has 17 heavy (non-hydrogen) atoms. The Balaban J connectivity index is 0.00000256. The lowest BCUT2D eigenvalue weighted by Crippen LogP contribution is -2.41. The molecule has 0 spiro atoms. The number of aryl methyl sites for hydroxylation is 1. The molecule has 0 saturated heterocycles. The molecule has 0 aliphatic heterocycles. The summed E-state index contributed by atoms with van der Waals surface area (Å²) < 4.78 is 0. The number of H-pyrrole nitrogens is 1. The zero-order valence-electron chi connectivity index (χ0n) is 10.5. The van der Waals surface area contributed by atoms with Crippen molar-refractivity contribution < 1.29 is 4.79 Å². The number of carbonyl (C=O) groups is 1. The summed E-state index contributed by atoms with van der Waals surface area (Å²) in [5.41, 5.74) is 6.90. The SMILES string of the molecule is Cc1cc(C(=O)NC(CN)CC(C)C)n[nH]1.Cl. The Bertz CT molecular complexity index is 351. The second-order valence-corrected chi connectivity index (χ2v) is 4.47. The zero-order valence-corrected chi connectivity index (χ0v) is 11.3. The third-order valence-corrected chi connectivity index (χ3v) is 2.31. The molecule has 1 aromatic rings. The average Bonchev–Trinajstić information content (AvgIpc) is 2.63. The van der Waals surface area contributed by atoms with E-state index in [1.54, 1.807) is 6.07 Å². The first-order chi connectivity index (χ1) is 7.52. The second-order valence-electron chi connectivity index (χ2n) is 4.47. The van der Waals surface area contributed by atoms with Gasteiger partial charge in [0.05, 0.1) is 0 Å². The van der Waals surface area contributed by atoms with Crippen LogP contribution in [-0.2, 0) is 0 Å². The molecule has 1 atom stereocenters. The molecule has 1 rings (SSSR count). The van der Waals surface area contributed by atoms with Crippen LogP contribution in [0.5, 0.6) is 0 Å². The van der Waals surface area contributed by atoms with E-state index in [1.165, 1.54) is 0 Å². The summed E-state index contributed by atoms with van der Waals surface area (Å²) in [6.07, 6.45) is 0.881. The van der Waals surface area contributed by atoms with Gasteiger partial charge in [-0.05, 0) is 25.3 Å². The van der Waals surface area contributed by atoms with Crippen molar-refractivity contribution in [1.29, 1.82) is 0 Å².